The van der Waals surface area contributed by atoms with E-state index < -0.39 is 18.2 Å². The lowest BCUT2D eigenvalue weighted by atomic mass is 9.91. The van der Waals surface area contributed by atoms with E-state index in [1.54, 1.807) is 43.2 Å². The molecule has 2 aromatic rings. The number of ether oxygens (including phenoxy) is 2. The van der Waals surface area contributed by atoms with Crippen molar-refractivity contribution in [2.75, 3.05) is 25.2 Å². The molecule has 1 aliphatic carbocycles. The molecule has 4 atom stereocenters. The first-order valence-electron chi connectivity index (χ1n) is 15.8. The Kier molecular flexibility index (Phi) is 15.9. The fourth-order valence-electron chi connectivity index (χ4n) is 5.54. The third kappa shape index (κ3) is 12.3. The number of methoxy groups -OCH3 is 1. The number of rotatable bonds is 20. The molecule has 44 heavy (non-hydrogen) atoms. The van der Waals surface area contributed by atoms with E-state index in [9.17, 15) is 24.6 Å². The minimum Gasteiger partial charge on any atom is -0.457 e. The number of carbonyl (C=O) groups is 3. The molecule has 0 saturated heterocycles. The molecule has 1 fully saturated rings. The zero-order valence-electron chi connectivity index (χ0n) is 26.1. The van der Waals surface area contributed by atoms with Crippen LogP contribution in [0, 0.1) is 11.8 Å². The van der Waals surface area contributed by atoms with Crippen LogP contribution in [0.5, 0.6) is 0 Å². The van der Waals surface area contributed by atoms with Crippen molar-refractivity contribution >= 4 is 29.3 Å². The van der Waals surface area contributed by atoms with E-state index in [0.29, 0.717) is 31.4 Å². The molecular weight excluding hydrogens is 576 g/mol. The molecule has 0 radical (unpaired) electrons. The first kappa shape index (κ1) is 35.7. The number of ketones is 2. The quantitative estimate of drug-likeness (QED) is 0.0809. The van der Waals surface area contributed by atoms with Crippen molar-refractivity contribution in [3.05, 3.63) is 82.9 Å². The molecule has 2 aromatic carbocycles. The largest absolute Gasteiger partial charge is 0.457 e. The van der Waals surface area contributed by atoms with Gasteiger partial charge < -0.3 is 19.7 Å². The maximum atomic E-state index is 12.6. The zero-order chi connectivity index (χ0) is 31.7. The summed E-state index contributed by atoms with van der Waals surface area (Å²) in [6, 6.07) is 15.4. The number of aliphatic hydroxyl groups is 2. The molecule has 1 aliphatic rings. The van der Waals surface area contributed by atoms with Crippen LogP contribution in [-0.4, -0.2) is 65.2 Å². The normalized spacial score (nSPS) is 19.0. The standard InChI is InChI=1S/C36H48O7S/c1-3-4-5-8-26-12-14-29(15-13-26)35(40)25-43-36(41)11-7-19-44-20-18-32-31(33(38)23-34(32)39)17-16-30(37)22-27-9-6-10-28(21-27)24-42-2/h6,9-10,12-17,21,30-33,37-38H,3-5,7-8,11,18-20,22-25H2,1-2H3/t30-,31-,32-,33-/m1/s1. The van der Waals surface area contributed by atoms with Crippen LogP contribution in [-0.2, 0) is 38.5 Å². The molecule has 0 amide bonds. The van der Waals surface area contributed by atoms with Crippen LogP contribution < -0.4 is 0 Å². The number of hydrogen-bond acceptors (Lipinski definition) is 8. The lowest BCUT2D eigenvalue weighted by Crippen LogP contribution is -2.20. The van der Waals surface area contributed by atoms with Crippen LogP contribution >= 0.6 is 11.8 Å². The third-order valence-corrected chi connectivity index (χ3v) is 9.09. The van der Waals surface area contributed by atoms with Gasteiger partial charge in [-0.2, -0.15) is 11.8 Å². The van der Waals surface area contributed by atoms with E-state index in [2.05, 4.69) is 6.92 Å². The molecule has 0 heterocycles. The molecule has 0 bridgehead atoms. The molecular formula is C36H48O7S. The summed E-state index contributed by atoms with van der Waals surface area (Å²) in [5.74, 6) is 0.308. The summed E-state index contributed by atoms with van der Waals surface area (Å²) in [7, 11) is 1.64. The van der Waals surface area contributed by atoms with Crippen LogP contribution in [0.2, 0.25) is 0 Å². The number of thioether (sulfide) groups is 1. The van der Waals surface area contributed by atoms with Crippen molar-refractivity contribution < 1.29 is 34.1 Å². The second-order valence-corrected chi connectivity index (χ2v) is 12.8. The van der Waals surface area contributed by atoms with Crippen molar-refractivity contribution in [2.24, 2.45) is 11.8 Å². The molecule has 0 spiro atoms. The van der Waals surface area contributed by atoms with Crippen molar-refractivity contribution in [1.82, 2.24) is 0 Å². The molecule has 0 aromatic heterocycles. The molecule has 0 aliphatic heterocycles. The van der Waals surface area contributed by atoms with E-state index in [1.807, 2.05) is 36.4 Å². The van der Waals surface area contributed by atoms with Crippen molar-refractivity contribution in [3.8, 4) is 0 Å². The Morgan fingerprint density at radius 3 is 2.57 bits per heavy atom. The van der Waals surface area contributed by atoms with Crippen molar-refractivity contribution in [3.63, 3.8) is 0 Å². The molecule has 240 valence electrons. The van der Waals surface area contributed by atoms with Gasteiger partial charge in [0.15, 0.2) is 12.4 Å². The van der Waals surface area contributed by atoms with Gasteiger partial charge in [0, 0.05) is 43.8 Å². The maximum Gasteiger partial charge on any atom is 0.306 e. The summed E-state index contributed by atoms with van der Waals surface area (Å²) >= 11 is 1.66. The highest BCUT2D eigenvalue weighted by Gasteiger charge is 2.39. The Morgan fingerprint density at radius 1 is 1.05 bits per heavy atom. The lowest BCUT2D eigenvalue weighted by molar-refractivity contribution is -0.142. The predicted molar refractivity (Wildman–Crippen MR) is 175 cm³/mol. The first-order chi connectivity index (χ1) is 21.3. The summed E-state index contributed by atoms with van der Waals surface area (Å²) < 4.78 is 10.4. The topological polar surface area (TPSA) is 110 Å². The van der Waals surface area contributed by atoms with Crippen LogP contribution in [0.3, 0.4) is 0 Å². The van der Waals surface area contributed by atoms with E-state index in [1.165, 1.54) is 18.4 Å². The molecule has 7 nitrogen and oxygen atoms in total. The van der Waals surface area contributed by atoms with Gasteiger partial charge in [0.05, 0.1) is 18.8 Å². The Labute approximate surface area is 266 Å². The van der Waals surface area contributed by atoms with E-state index in [0.717, 1.165) is 35.5 Å². The van der Waals surface area contributed by atoms with Gasteiger partial charge in [0.1, 0.15) is 5.78 Å². The summed E-state index contributed by atoms with van der Waals surface area (Å²) in [5, 5.41) is 21.1. The molecule has 2 N–H and O–H groups in total. The van der Waals surface area contributed by atoms with Gasteiger partial charge in [-0.15, -0.1) is 0 Å². The van der Waals surface area contributed by atoms with Gasteiger partial charge in [-0.05, 0) is 53.9 Å². The Bertz CT molecular complexity index is 1210. The number of hydrogen-bond donors (Lipinski definition) is 2. The zero-order valence-corrected chi connectivity index (χ0v) is 26.9. The minimum absolute atomic E-state index is 0.0499. The van der Waals surface area contributed by atoms with E-state index >= 15 is 0 Å². The molecule has 0 unspecified atom stereocenters. The fraction of sp³-hybridized carbons (Fsp3) is 0.528. The van der Waals surface area contributed by atoms with Crippen molar-refractivity contribution in [2.45, 2.75) is 83.5 Å². The second kappa shape index (κ2) is 19.6. The summed E-state index contributed by atoms with van der Waals surface area (Å²) in [4.78, 5) is 37.1. The number of esters is 1. The highest BCUT2D eigenvalue weighted by atomic mass is 32.2. The lowest BCUT2D eigenvalue weighted by Gasteiger charge is -2.18. The van der Waals surface area contributed by atoms with Crippen LogP contribution in [0.15, 0.2) is 60.7 Å². The number of benzene rings is 2. The number of unbranched alkanes of at least 4 members (excludes halogenated alkanes) is 2. The van der Waals surface area contributed by atoms with Gasteiger partial charge in [-0.25, -0.2) is 0 Å². The monoisotopic (exact) mass is 624 g/mol. The Balaban J connectivity index is 1.32. The summed E-state index contributed by atoms with van der Waals surface area (Å²) in [5.41, 5.74) is 3.79. The second-order valence-electron chi connectivity index (χ2n) is 11.6. The highest BCUT2D eigenvalue weighted by molar-refractivity contribution is 7.99. The van der Waals surface area contributed by atoms with E-state index in [-0.39, 0.29) is 42.9 Å². The average molecular weight is 625 g/mol. The first-order valence-corrected chi connectivity index (χ1v) is 17.0. The molecule has 8 heteroatoms. The summed E-state index contributed by atoms with van der Waals surface area (Å²) in [6.07, 6.45) is 8.57. The number of carbonyl (C=O) groups excluding carboxylic acids is 3. The minimum atomic E-state index is -0.743. The maximum absolute atomic E-state index is 12.6. The number of Topliss-reactive ketones (excluding diaryl/α,β-unsaturated/α-hetero) is 2. The van der Waals surface area contributed by atoms with E-state index in [4.69, 9.17) is 9.47 Å². The van der Waals surface area contributed by atoms with Crippen LogP contribution in [0.4, 0.5) is 0 Å². The van der Waals surface area contributed by atoms with Gasteiger partial charge in [0.25, 0.3) is 0 Å². The van der Waals surface area contributed by atoms with Gasteiger partial charge in [-0.1, -0.05) is 80.4 Å². The molecule has 3 rings (SSSR count). The number of aryl methyl sites for hydroxylation is 1. The van der Waals surface area contributed by atoms with Crippen LogP contribution in [0.25, 0.3) is 0 Å². The smallest absolute Gasteiger partial charge is 0.306 e. The van der Waals surface area contributed by atoms with Crippen LogP contribution in [0.1, 0.15) is 78.9 Å². The summed E-state index contributed by atoms with van der Waals surface area (Å²) in [6.45, 7) is 2.43. The van der Waals surface area contributed by atoms with Gasteiger partial charge in [-0.3, -0.25) is 14.4 Å². The Hall–Kier alpha value is -2.78. The van der Waals surface area contributed by atoms with Crippen molar-refractivity contribution in [1.29, 1.82) is 0 Å². The predicted octanol–water partition coefficient (Wildman–Crippen LogP) is 5.92. The van der Waals surface area contributed by atoms with Gasteiger partial charge >= 0.3 is 5.97 Å². The SMILES string of the molecule is CCCCCc1ccc(C(=O)COC(=O)CCCSCC[C@H]2C(=O)C[C@@H](O)[C@@H]2C=C[C@@H](O)Cc2cccc(COC)c2)cc1. The number of aliphatic hydroxyl groups excluding tert-OH is 2. The highest BCUT2D eigenvalue weighted by Crippen LogP contribution is 2.34. The average Bonchev–Trinajstić information content (AvgIpc) is 3.28. The Morgan fingerprint density at radius 2 is 1.82 bits per heavy atom. The third-order valence-electron chi connectivity index (χ3n) is 7.99. The van der Waals surface area contributed by atoms with Gasteiger partial charge in [0.2, 0.25) is 0 Å². The fourth-order valence-corrected chi connectivity index (χ4v) is 6.51. The molecule has 1 saturated carbocycles.